The summed E-state index contributed by atoms with van der Waals surface area (Å²) >= 11 is 0. The first-order valence-electron chi connectivity index (χ1n) is 17.3. The minimum absolute atomic E-state index is 0.464. The molecule has 0 radical (unpaired) electrons. The van der Waals surface area contributed by atoms with Crippen molar-refractivity contribution in [2.45, 2.75) is 31.6 Å². The third-order valence-electron chi connectivity index (χ3n) is 10.5. The standard InChI is InChI=1S/C47H37N/c1-2-3-17-33-18-7-8-21-36(33)38-23-10-9-22-37(38)34-30-31-40-39-24-11-12-25-41(39)47(44(40)32-34)42-26-13-15-28-45(42)48(35-19-5-4-6-20-35)46-29-16-14-27-43(46)47/h4-16,18-32H,2-3,17H2,1H3. The third-order valence-corrected chi connectivity index (χ3v) is 10.5. The lowest BCUT2D eigenvalue weighted by molar-refractivity contribution is 0.753. The maximum atomic E-state index is 2.51. The second kappa shape index (κ2) is 11.5. The number of hydrogen-bond donors (Lipinski definition) is 0. The van der Waals surface area contributed by atoms with Gasteiger partial charge in [0.25, 0.3) is 0 Å². The predicted molar refractivity (Wildman–Crippen MR) is 201 cm³/mol. The van der Waals surface area contributed by atoms with E-state index >= 15 is 0 Å². The fraction of sp³-hybridized carbons (Fsp3) is 0.106. The molecule has 7 aromatic carbocycles. The lowest BCUT2D eigenvalue weighted by atomic mass is 9.64. The lowest BCUT2D eigenvalue weighted by Gasteiger charge is -2.45. The molecule has 0 amide bonds. The van der Waals surface area contributed by atoms with E-state index in [0.717, 1.165) is 6.42 Å². The van der Waals surface area contributed by atoms with Crippen LogP contribution in [0.3, 0.4) is 0 Å². The molecule has 0 fully saturated rings. The number of hydrogen-bond acceptors (Lipinski definition) is 1. The Morgan fingerprint density at radius 2 is 0.979 bits per heavy atom. The summed E-state index contributed by atoms with van der Waals surface area (Å²) in [5.41, 5.74) is 17.7. The number of nitrogens with zero attached hydrogens (tertiary/aromatic N) is 1. The van der Waals surface area contributed by atoms with Crippen LogP contribution >= 0.6 is 0 Å². The van der Waals surface area contributed by atoms with Gasteiger partial charge in [-0.2, -0.15) is 0 Å². The first-order chi connectivity index (χ1) is 23.8. The van der Waals surface area contributed by atoms with Crippen LogP contribution in [0.15, 0.2) is 170 Å². The first-order valence-corrected chi connectivity index (χ1v) is 17.3. The van der Waals surface area contributed by atoms with Gasteiger partial charge in [-0.1, -0.05) is 153 Å². The van der Waals surface area contributed by atoms with Crippen LogP contribution in [-0.2, 0) is 11.8 Å². The number of fused-ring (bicyclic) bond motifs is 9. The molecule has 7 aromatic rings. The molecule has 0 bridgehead atoms. The number of aryl methyl sites for hydroxylation is 1. The molecule has 230 valence electrons. The Morgan fingerprint density at radius 1 is 0.438 bits per heavy atom. The Morgan fingerprint density at radius 3 is 1.69 bits per heavy atom. The maximum absolute atomic E-state index is 2.51. The van der Waals surface area contributed by atoms with E-state index in [9.17, 15) is 0 Å². The summed E-state index contributed by atoms with van der Waals surface area (Å²) in [6.45, 7) is 2.27. The van der Waals surface area contributed by atoms with Gasteiger partial charge in [0.15, 0.2) is 0 Å². The molecule has 1 heterocycles. The molecule has 1 nitrogen and oxygen atoms in total. The largest absolute Gasteiger partial charge is 0.310 e. The molecule has 0 atom stereocenters. The summed E-state index contributed by atoms with van der Waals surface area (Å²) in [6, 6.07) is 63.2. The van der Waals surface area contributed by atoms with Gasteiger partial charge in [-0.3, -0.25) is 0 Å². The highest BCUT2D eigenvalue weighted by molar-refractivity contribution is 5.97. The van der Waals surface area contributed by atoms with Gasteiger partial charge in [0, 0.05) is 5.69 Å². The van der Waals surface area contributed by atoms with Gasteiger partial charge >= 0.3 is 0 Å². The molecule has 48 heavy (non-hydrogen) atoms. The van der Waals surface area contributed by atoms with Crippen LogP contribution in [-0.4, -0.2) is 0 Å². The molecule has 0 saturated heterocycles. The molecule has 1 heteroatoms. The van der Waals surface area contributed by atoms with Crippen molar-refractivity contribution >= 4 is 17.1 Å². The fourth-order valence-electron chi connectivity index (χ4n) is 8.47. The van der Waals surface area contributed by atoms with Crippen LogP contribution in [0.2, 0.25) is 0 Å². The predicted octanol–water partition coefficient (Wildman–Crippen LogP) is 12.5. The van der Waals surface area contributed by atoms with Crippen molar-refractivity contribution in [1.29, 1.82) is 0 Å². The minimum atomic E-state index is -0.464. The Hall–Kier alpha value is -5.66. The van der Waals surface area contributed by atoms with Gasteiger partial charge in [-0.15, -0.1) is 0 Å². The molecule has 1 aliphatic heterocycles. The summed E-state index contributed by atoms with van der Waals surface area (Å²) in [4.78, 5) is 2.45. The maximum Gasteiger partial charge on any atom is 0.0754 e. The van der Waals surface area contributed by atoms with Crippen LogP contribution in [0.4, 0.5) is 17.1 Å². The molecule has 0 unspecified atom stereocenters. The zero-order valence-electron chi connectivity index (χ0n) is 27.2. The summed E-state index contributed by atoms with van der Waals surface area (Å²) < 4.78 is 0. The zero-order chi connectivity index (χ0) is 32.1. The highest BCUT2D eigenvalue weighted by Gasteiger charge is 2.51. The van der Waals surface area contributed by atoms with Crippen LogP contribution < -0.4 is 4.90 Å². The summed E-state index contributed by atoms with van der Waals surface area (Å²) in [6.07, 6.45) is 3.47. The number of para-hydroxylation sites is 3. The van der Waals surface area contributed by atoms with Crippen LogP contribution in [0.25, 0.3) is 33.4 Å². The van der Waals surface area contributed by atoms with Crippen molar-refractivity contribution in [2.24, 2.45) is 0 Å². The SMILES string of the molecule is CCCCc1ccccc1-c1ccccc1-c1ccc2c(c1)C1(c3ccccc3-2)c2ccccc2N(c2ccccc2)c2ccccc21. The molecule has 0 N–H and O–H groups in total. The van der Waals surface area contributed by atoms with E-state index < -0.39 is 5.41 Å². The van der Waals surface area contributed by atoms with Crippen molar-refractivity contribution in [2.75, 3.05) is 4.90 Å². The van der Waals surface area contributed by atoms with Crippen LogP contribution in [0.5, 0.6) is 0 Å². The molecular weight excluding hydrogens is 579 g/mol. The van der Waals surface area contributed by atoms with E-state index in [2.05, 4.69) is 182 Å². The van der Waals surface area contributed by atoms with E-state index in [-0.39, 0.29) is 0 Å². The first kappa shape index (κ1) is 28.6. The van der Waals surface area contributed by atoms with Crippen molar-refractivity contribution in [3.8, 4) is 33.4 Å². The van der Waals surface area contributed by atoms with Gasteiger partial charge < -0.3 is 4.90 Å². The second-order valence-electron chi connectivity index (χ2n) is 13.1. The summed E-state index contributed by atoms with van der Waals surface area (Å²) in [5, 5.41) is 0. The Balaban J connectivity index is 1.32. The van der Waals surface area contributed by atoms with Crippen LogP contribution in [0, 0.1) is 0 Å². The van der Waals surface area contributed by atoms with Crippen molar-refractivity contribution in [3.05, 3.63) is 198 Å². The van der Waals surface area contributed by atoms with Crippen molar-refractivity contribution < 1.29 is 0 Å². The highest BCUT2D eigenvalue weighted by atomic mass is 15.2. The number of anilines is 3. The molecule has 0 saturated carbocycles. The van der Waals surface area contributed by atoms with Crippen molar-refractivity contribution in [3.63, 3.8) is 0 Å². The normalized spacial score (nSPS) is 13.5. The molecule has 1 aliphatic carbocycles. The molecule has 1 spiro atoms. The Bertz CT molecular complexity index is 2250. The topological polar surface area (TPSA) is 3.24 Å². The van der Waals surface area contributed by atoms with Gasteiger partial charge in [-0.25, -0.2) is 0 Å². The Labute approximate surface area is 283 Å². The molecule has 9 rings (SSSR count). The fourth-order valence-corrected chi connectivity index (χ4v) is 8.47. The minimum Gasteiger partial charge on any atom is -0.310 e. The molecule has 0 aromatic heterocycles. The molecule has 2 aliphatic rings. The quantitative estimate of drug-likeness (QED) is 0.180. The van der Waals surface area contributed by atoms with Gasteiger partial charge in [0.1, 0.15) is 0 Å². The summed E-state index contributed by atoms with van der Waals surface area (Å²) in [5.74, 6) is 0. The van der Waals surface area contributed by atoms with Crippen LogP contribution in [0.1, 0.15) is 47.6 Å². The Kier molecular flexibility index (Phi) is 6.87. The van der Waals surface area contributed by atoms with Gasteiger partial charge in [0.2, 0.25) is 0 Å². The second-order valence-corrected chi connectivity index (χ2v) is 13.1. The summed E-state index contributed by atoms with van der Waals surface area (Å²) in [7, 11) is 0. The van der Waals surface area contributed by atoms with Gasteiger partial charge in [-0.05, 0) is 104 Å². The van der Waals surface area contributed by atoms with Gasteiger partial charge in [0.05, 0.1) is 16.8 Å². The number of unbranched alkanes of at least 4 members (excludes halogenated alkanes) is 1. The highest BCUT2D eigenvalue weighted by Crippen LogP contribution is 2.63. The average molecular weight is 616 g/mol. The monoisotopic (exact) mass is 615 g/mol. The van der Waals surface area contributed by atoms with E-state index in [1.807, 2.05) is 0 Å². The molecular formula is C47H37N. The van der Waals surface area contributed by atoms with E-state index in [1.165, 1.54) is 91.1 Å². The average Bonchev–Trinajstić information content (AvgIpc) is 3.45. The van der Waals surface area contributed by atoms with E-state index in [1.54, 1.807) is 0 Å². The number of rotatable bonds is 6. The third kappa shape index (κ3) is 4.17. The van der Waals surface area contributed by atoms with E-state index in [0.29, 0.717) is 0 Å². The smallest absolute Gasteiger partial charge is 0.0754 e. The number of benzene rings is 7. The van der Waals surface area contributed by atoms with E-state index in [4.69, 9.17) is 0 Å². The lowest BCUT2D eigenvalue weighted by Crippen LogP contribution is -2.36. The van der Waals surface area contributed by atoms with Crippen molar-refractivity contribution in [1.82, 2.24) is 0 Å². The zero-order valence-corrected chi connectivity index (χ0v) is 27.2.